The molecule has 25 heavy (non-hydrogen) atoms. The van der Waals surface area contributed by atoms with E-state index in [1.165, 1.54) is 42.6 Å². The van der Waals surface area contributed by atoms with Gasteiger partial charge in [-0.2, -0.15) is 5.26 Å². The lowest BCUT2D eigenvalue weighted by molar-refractivity contribution is 0.331. The smallest absolute Gasteiger partial charge is 0.0991 e. The average molecular weight is 378 g/mol. The second kappa shape index (κ2) is 11.1. The normalized spacial score (nSPS) is 13.6. The van der Waals surface area contributed by atoms with Crippen molar-refractivity contribution in [2.24, 2.45) is 0 Å². The molecule has 1 heterocycles. The molecule has 1 aliphatic rings. The highest BCUT2D eigenvalue weighted by molar-refractivity contribution is 5.85. The molecule has 0 aliphatic carbocycles. The van der Waals surface area contributed by atoms with Gasteiger partial charge in [0.2, 0.25) is 0 Å². The molecule has 134 valence electrons. The maximum Gasteiger partial charge on any atom is 0.0991 e. The quantitative estimate of drug-likeness (QED) is 0.815. The van der Waals surface area contributed by atoms with Gasteiger partial charge in [0, 0.05) is 19.6 Å². The summed E-state index contributed by atoms with van der Waals surface area (Å²) in [5.74, 6) is 0. The maximum atomic E-state index is 8.81. The largest absolute Gasteiger partial charge is 0.309 e. The summed E-state index contributed by atoms with van der Waals surface area (Å²) in [5.41, 5.74) is 4.65. The molecule has 1 aliphatic heterocycles. The Morgan fingerprint density at radius 2 is 1.52 bits per heavy atom. The van der Waals surface area contributed by atoms with Crippen LogP contribution in [0.15, 0.2) is 48.5 Å². The molecule has 3 nitrogen and oxygen atoms in total. The van der Waals surface area contributed by atoms with Crippen molar-refractivity contribution >= 4 is 24.8 Å². The van der Waals surface area contributed by atoms with E-state index in [4.69, 9.17) is 5.26 Å². The zero-order valence-electron chi connectivity index (χ0n) is 14.3. The van der Waals surface area contributed by atoms with E-state index < -0.39 is 0 Å². The van der Waals surface area contributed by atoms with Crippen molar-refractivity contribution in [3.63, 3.8) is 0 Å². The number of rotatable bonds is 6. The van der Waals surface area contributed by atoms with Gasteiger partial charge in [0.05, 0.1) is 11.6 Å². The fraction of sp³-hybridized carbons (Fsp3) is 0.350. The molecule has 0 radical (unpaired) electrons. The summed E-state index contributed by atoms with van der Waals surface area (Å²) in [7, 11) is 0. The topological polar surface area (TPSA) is 39.1 Å². The predicted molar refractivity (Wildman–Crippen MR) is 107 cm³/mol. The highest BCUT2D eigenvalue weighted by Gasteiger charge is 2.11. The lowest BCUT2D eigenvalue weighted by Gasteiger charge is -2.15. The molecule has 5 heteroatoms. The van der Waals surface area contributed by atoms with Gasteiger partial charge in [-0.05, 0) is 54.8 Å². The molecule has 0 amide bonds. The lowest BCUT2D eigenvalue weighted by Crippen LogP contribution is -2.18. The zero-order valence-corrected chi connectivity index (χ0v) is 15.9. The van der Waals surface area contributed by atoms with E-state index in [-0.39, 0.29) is 24.8 Å². The second-order valence-corrected chi connectivity index (χ2v) is 6.22. The maximum absolute atomic E-state index is 8.81. The predicted octanol–water partition coefficient (Wildman–Crippen LogP) is 4.29. The molecule has 1 fully saturated rings. The van der Waals surface area contributed by atoms with Gasteiger partial charge in [-0.3, -0.25) is 4.90 Å². The molecular weight excluding hydrogens is 353 g/mol. The number of nitrogens with zero attached hydrogens (tertiary/aromatic N) is 2. The summed E-state index contributed by atoms with van der Waals surface area (Å²) in [6.45, 7) is 5.24. The Hall–Kier alpha value is -1.57. The van der Waals surface area contributed by atoms with Crippen LogP contribution in [0.3, 0.4) is 0 Å². The van der Waals surface area contributed by atoms with Gasteiger partial charge < -0.3 is 5.32 Å². The van der Waals surface area contributed by atoms with Gasteiger partial charge in [-0.15, -0.1) is 24.8 Å². The number of nitriles is 1. The van der Waals surface area contributed by atoms with Crippen LogP contribution in [-0.2, 0) is 19.6 Å². The number of nitrogens with one attached hydrogen (secondary N) is 1. The Kier molecular flexibility index (Phi) is 9.55. The van der Waals surface area contributed by atoms with Crippen LogP contribution in [0, 0.1) is 11.3 Å². The van der Waals surface area contributed by atoms with Crippen LogP contribution in [0.5, 0.6) is 0 Å². The Balaban J connectivity index is 0.00000156. The standard InChI is InChI=1S/C20H23N3.2ClH/c21-13-17-6-8-18(9-7-17)14-22-15-19-4-3-5-20(12-19)16-23-10-1-2-11-23;;/h3-9,12,22H,1-2,10-11,14-16H2;2*1H. The zero-order chi connectivity index (χ0) is 15.9. The number of likely N-dealkylation sites (tertiary alicyclic amines) is 1. The van der Waals surface area contributed by atoms with Crippen LogP contribution in [0.2, 0.25) is 0 Å². The van der Waals surface area contributed by atoms with Gasteiger partial charge in [-0.1, -0.05) is 36.4 Å². The number of hydrogen-bond donors (Lipinski definition) is 1. The van der Waals surface area contributed by atoms with Gasteiger partial charge in [0.15, 0.2) is 0 Å². The molecule has 2 aromatic rings. The van der Waals surface area contributed by atoms with Crippen molar-refractivity contribution in [3.8, 4) is 6.07 Å². The third kappa shape index (κ3) is 6.68. The molecule has 0 unspecified atom stereocenters. The molecule has 2 aromatic carbocycles. The van der Waals surface area contributed by atoms with Crippen LogP contribution in [0.1, 0.15) is 35.1 Å². The summed E-state index contributed by atoms with van der Waals surface area (Å²) in [6, 6.07) is 18.8. The Morgan fingerprint density at radius 1 is 0.880 bits per heavy atom. The van der Waals surface area contributed by atoms with Crippen molar-refractivity contribution < 1.29 is 0 Å². The molecule has 0 aromatic heterocycles. The summed E-state index contributed by atoms with van der Waals surface area (Å²) in [4.78, 5) is 2.53. The van der Waals surface area contributed by atoms with Crippen molar-refractivity contribution in [1.82, 2.24) is 10.2 Å². The molecule has 3 rings (SSSR count). The van der Waals surface area contributed by atoms with Gasteiger partial charge in [0.25, 0.3) is 0 Å². The van der Waals surface area contributed by atoms with Gasteiger partial charge >= 0.3 is 0 Å². The van der Waals surface area contributed by atoms with E-state index >= 15 is 0 Å². The molecule has 1 N–H and O–H groups in total. The third-order valence-corrected chi connectivity index (χ3v) is 4.34. The molecule has 1 saturated heterocycles. The van der Waals surface area contributed by atoms with E-state index in [9.17, 15) is 0 Å². The number of hydrogen-bond acceptors (Lipinski definition) is 3. The van der Waals surface area contributed by atoms with Gasteiger partial charge in [-0.25, -0.2) is 0 Å². The van der Waals surface area contributed by atoms with E-state index in [1.807, 2.05) is 24.3 Å². The minimum absolute atomic E-state index is 0. The third-order valence-electron chi connectivity index (χ3n) is 4.34. The first-order valence-electron chi connectivity index (χ1n) is 8.33. The van der Waals surface area contributed by atoms with Crippen LogP contribution in [0.25, 0.3) is 0 Å². The summed E-state index contributed by atoms with van der Waals surface area (Å²) in [5, 5.41) is 12.3. The van der Waals surface area contributed by atoms with Crippen LogP contribution in [-0.4, -0.2) is 18.0 Å². The molecule has 0 saturated carbocycles. The first kappa shape index (κ1) is 21.5. The Labute approximate surface area is 162 Å². The molecular formula is C20H25Cl2N3. The van der Waals surface area contributed by atoms with Crippen LogP contribution < -0.4 is 5.32 Å². The SMILES string of the molecule is Cl.Cl.N#Cc1ccc(CNCc2cccc(CN3CCCC3)c2)cc1. The monoisotopic (exact) mass is 377 g/mol. The molecule has 0 bridgehead atoms. The summed E-state index contributed by atoms with van der Waals surface area (Å²) >= 11 is 0. The highest BCUT2D eigenvalue weighted by atomic mass is 35.5. The summed E-state index contributed by atoms with van der Waals surface area (Å²) in [6.07, 6.45) is 2.68. The molecule has 0 spiro atoms. The van der Waals surface area contributed by atoms with Crippen molar-refractivity contribution in [2.45, 2.75) is 32.5 Å². The van der Waals surface area contributed by atoms with Crippen molar-refractivity contribution in [1.29, 1.82) is 5.26 Å². The average Bonchev–Trinajstić information content (AvgIpc) is 3.09. The van der Waals surface area contributed by atoms with E-state index in [1.54, 1.807) is 0 Å². The lowest BCUT2D eigenvalue weighted by atomic mass is 10.1. The number of benzene rings is 2. The van der Waals surface area contributed by atoms with Crippen molar-refractivity contribution in [3.05, 3.63) is 70.8 Å². The minimum Gasteiger partial charge on any atom is -0.309 e. The Morgan fingerprint density at radius 3 is 2.20 bits per heavy atom. The van der Waals surface area contributed by atoms with Gasteiger partial charge in [0.1, 0.15) is 0 Å². The van der Waals surface area contributed by atoms with Crippen LogP contribution in [0.4, 0.5) is 0 Å². The first-order valence-corrected chi connectivity index (χ1v) is 8.33. The summed E-state index contributed by atoms with van der Waals surface area (Å²) < 4.78 is 0. The first-order chi connectivity index (χ1) is 11.3. The highest BCUT2D eigenvalue weighted by Crippen LogP contribution is 2.14. The number of halogens is 2. The Bertz CT molecular complexity index is 674. The van der Waals surface area contributed by atoms with E-state index in [2.05, 4.69) is 40.6 Å². The van der Waals surface area contributed by atoms with E-state index in [0.29, 0.717) is 5.56 Å². The van der Waals surface area contributed by atoms with E-state index in [0.717, 1.165) is 19.6 Å². The van der Waals surface area contributed by atoms with Crippen LogP contribution >= 0.6 is 24.8 Å². The van der Waals surface area contributed by atoms with Crippen molar-refractivity contribution in [2.75, 3.05) is 13.1 Å². The fourth-order valence-electron chi connectivity index (χ4n) is 3.09. The second-order valence-electron chi connectivity index (χ2n) is 6.22. The molecule has 0 atom stereocenters. The minimum atomic E-state index is 0. The fourth-order valence-corrected chi connectivity index (χ4v) is 3.09.